The lowest BCUT2D eigenvalue weighted by Gasteiger charge is -2.36. The molecule has 0 radical (unpaired) electrons. The van der Waals surface area contributed by atoms with Crippen LogP contribution >= 0.6 is 0 Å². The Labute approximate surface area is 133 Å². The second kappa shape index (κ2) is 5.22. The van der Waals surface area contributed by atoms with E-state index in [4.69, 9.17) is 0 Å². The monoisotopic (exact) mass is 295 g/mol. The number of hydroxylamine groups is 2. The molecular weight excluding hydrogens is 270 g/mol. The molecule has 0 bridgehead atoms. The van der Waals surface area contributed by atoms with Gasteiger partial charge in [-0.1, -0.05) is 60.7 Å². The van der Waals surface area contributed by atoms with E-state index in [1.165, 1.54) is 11.1 Å². The van der Waals surface area contributed by atoms with E-state index in [-0.39, 0.29) is 22.9 Å². The first-order chi connectivity index (χ1) is 10.4. The zero-order chi connectivity index (χ0) is 16.0. The van der Waals surface area contributed by atoms with Crippen LogP contribution in [-0.4, -0.2) is 21.3 Å². The maximum absolute atomic E-state index is 10.9. The van der Waals surface area contributed by atoms with Gasteiger partial charge in [0, 0.05) is 22.9 Å². The summed E-state index contributed by atoms with van der Waals surface area (Å²) in [6.45, 7) is 8.54. The SMILES string of the molecule is CC1(C)C(c2ccccc2)C(c2ccccc2)C(C)(C)N1O. The van der Waals surface area contributed by atoms with E-state index in [9.17, 15) is 5.21 Å². The zero-order valence-electron chi connectivity index (χ0n) is 13.8. The third kappa shape index (κ3) is 2.18. The second-order valence-corrected chi connectivity index (χ2v) is 7.40. The van der Waals surface area contributed by atoms with Crippen molar-refractivity contribution in [2.24, 2.45) is 0 Å². The fourth-order valence-electron chi connectivity index (χ4n) is 4.34. The molecule has 1 fully saturated rings. The van der Waals surface area contributed by atoms with Gasteiger partial charge in [0.2, 0.25) is 0 Å². The average Bonchev–Trinajstić information content (AvgIpc) is 2.66. The Hall–Kier alpha value is -1.64. The Morgan fingerprint density at radius 1 is 0.682 bits per heavy atom. The zero-order valence-corrected chi connectivity index (χ0v) is 13.8. The summed E-state index contributed by atoms with van der Waals surface area (Å²) in [6, 6.07) is 21.1. The minimum absolute atomic E-state index is 0.232. The lowest BCUT2D eigenvalue weighted by Crippen LogP contribution is -2.47. The van der Waals surface area contributed by atoms with Crippen molar-refractivity contribution >= 4 is 0 Å². The summed E-state index contributed by atoms with van der Waals surface area (Å²) in [7, 11) is 0. The summed E-state index contributed by atoms with van der Waals surface area (Å²) in [4.78, 5) is 0. The summed E-state index contributed by atoms with van der Waals surface area (Å²) in [5, 5.41) is 12.4. The van der Waals surface area contributed by atoms with E-state index >= 15 is 0 Å². The van der Waals surface area contributed by atoms with Crippen molar-refractivity contribution in [3.05, 3.63) is 71.8 Å². The molecule has 2 atom stereocenters. The van der Waals surface area contributed by atoms with Crippen LogP contribution in [0.15, 0.2) is 60.7 Å². The van der Waals surface area contributed by atoms with Crippen LogP contribution in [0.25, 0.3) is 0 Å². The van der Waals surface area contributed by atoms with Gasteiger partial charge in [-0.2, -0.15) is 5.06 Å². The fraction of sp³-hybridized carbons (Fsp3) is 0.400. The van der Waals surface area contributed by atoms with Gasteiger partial charge < -0.3 is 5.21 Å². The highest BCUT2D eigenvalue weighted by atomic mass is 16.5. The molecule has 0 saturated carbocycles. The van der Waals surface area contributed by atoms with Crippen molar-refractivity contribution in [2.75, 3.05) is 0 Å². The van der Waals surface area contributed by atoms with Crippen molar-refractivity contribution in [3.8, 4) is 0 Å². The normalized spacial score (nSPS) is 27.0. The molecule has 1 N–H and O–H groups in total. The highest BCUT2D eigenvalue weighted by Crippen LogP contribution is 2.57. The van der Waals surface area contributed by atoms with Gasteiger partial charge in [0.05, 0.1) is 0 Å². The highest BCUT2D eigenvalue weighted by molar-refractivity contribution is 5.38. The number of benzene rings is 2. The molecule has 2 aromatic rings. The van der Waals surface area contributed by atoms with Gasteiger partial charge in [0.1, 0.15) is 0 Å². The van der Waals surface area contributed by atoms with Crippen molar-refractivity contribution < 1.29 is 5.21 Å². The molecule has 0 amide bonds. The number of hydrogen-bond acceptors (Lipinski definition) is 2. The Morgan fingerprint density at radius 2 is 1.00 bits per heavy atom. The van der Waals surface area contributed by atoms with Gasteiger partial charge in [-0.15, -0.1) is 0 Å². The van der Waals surface area contributed by atoms with Crippen LogP contribution in [0.1, 0.15) is 50.7 Å². The molecule has 0 aliphatic carbocycles. The highest BCUT2D eigenvalue weighted by Gasteiger charge is 2.58. The number of rotatable bonds is 2. The van der Waals surface area contributed by atoms with E-state index in [2.05, 4.69) is 76.2 Å². The largest absolute Gasteiger partial charge is 0.313 e. The van der Waals surface area contributed by atoms with Crippen LogP contribution in [0, 0.1) is 0 Å². The van der Waals surface area contributed by atoms with Crippen molar-refractivity contribution in [1.82, 2.24) is 5.06 Å². The minimum atomic E-state index is -0.328. The number of nitrogens with zero attached hydrogens (tertiary/aromatic N) is 1. The van der Waals surface area contributed by atoms with Crippen LogP contribution in [0.4, 0.5) is 0 Å². The van der Waals surface area contributed by atoms with Gasteiger partial charge in [-0.3, -0.25) is 0 Å². The topological polar surface area (TPSA) is 23.5 Å². The van der Waals surface area contributed by atoms with Crippen LogP contribution in [0.3, 0.4) is 0 Å². The molecule has 1 saturated heterocycles. The van der Waals surface area contributed by atoms with E-state index in [1.807, 2.05) is 12.1 Å². The third-order valence-corrected chi connectivity index (χ3v) is 5.26. The van der Waals surface area contributed by atoms with Crippen LogP contribution in [-0.2, 0) is 0 Å². The Balaban J connectivity index is 2.18. The third-order valence-electron chi connectivity index (χ3n) is 5.26. The number of hydrogen-bond donors (Lipinski definition) is 1. The minimum Gasteiger partial charge on any atom is -0.313 e. The van der Waals surface area contributed by atoms with Crippen molar-refractivity contribution in [1.29, 1.82) is 0 Å². The average molecular weight is 295 g/mol. The van der Waals surface area contributed by atoms with Gasteiger partial charge in [0.15, 0.2) is 0 Å². The summed E-state index contributed by atoms with van der Waals surface area (Å²) >= 11 is 0. The molecule has 2 heteroatoms. The summed E-state index contributed by atoms with van der Waals surface area (Å²) in [5.74, 6) is 0.465. The predicted octanol–water partition coefficient (Wildman–Crippen LogP) is 4.82. The lowest BCUT2D eigenvalue weighted by molar-refractivity contribution is -0.195. The smallest absolute Gasteiger partial charge is 0.0485 e. The molecule has 22 heavy (non-hydrogen) atoms. The Morgan fingerprint density at radius 3 is 1.32 bits per heavy atom. The van der Waals surface area contributed by atoms with Gasteiger partial charge in [-0.05, 0) is 38.8 Å². The first-order valence-electron chi connectivity index (χ1n) is 7.96. The second-order valence-electron chi connectivity index (χ2n) is 7.40. The van der Waals surface area contributed by atoms with Crippen molar-refractivity contribution in [3.63, 3.8) is 0 Å². The van der Waals surface area contributed by atoms with E-state index in [1.54, 1.807) is 5.06 Å². The molecule has 2 aromatic carbocycles. The maximum atomic E-state index is 10.9. The summed E-state index contributed by atoms with van der Waals surface area (Å²) < 4.78 is 0. The molecule has 2 nitrogen and oxygen atoms in total. The quantitative estimate of drug-likeness (QED) is 0.859. The lowest BCUT2D eigenvalue weighted by atomic mass is 9.70. The molecule has 116 valence electrons. The van der Waals surface area contributed by atoms with Gasteiger partial charge in [0.25, 0.3) is 0 Å². The molecule has 0 spiro atoms. The van der Waals surface area contributed by atoms with Crippen molar-refractivity contribution in [2.45, 2.75) is 50.6 Å². The van der Waals surface area contributed by atoms with Crippen LogP contribution in [0.5, 0.6) is 0 Å². The maximum Gasteiger partial charge on any atom is 0.0485 e. The Bertz CT molecular complexity index is 576. The predicted molar refractivity (Wildman–Crippen MR) is 90.1 cm³/mol. The molecular formula is C20H25NO. The first kappa shape index (κ1) is 15.3. The molecule has 2 unspecified atom stereocenters. The fourth-order valence-corrected chi connectivity index (χ4v) is 4.34. The van der Waals surface area contributed by atoms with Crippen LogP contribution in [0.2, 0.25) is 0 Å². The van der Waals surface area contributed by atoms with Gasteiger partial charge >= 0.3 is 0 Å². The molecule has 1 aliphatic rings. The molecule has 0 aromatic heterocycles. The van der Waals surface area contributed by atoms with Crippen LogP contribution < -0.4 is 0 Å². The molecule has 3 rings (SSSR count). The van der Waals surface area contributed by atoms with E-state index < -0.39 is 0 Å². The summed E-state index contributed by atoms with van der Waals surface area (Å²) in [6.07, 6.45) is 0. The molecule has 1 heterocycles. The summed E-state index contributed by atoms with van der Waals surface area (Å²) in [5.41, 5.74) is 1.91. The van der Waals surface area contributed by atoms with E-state index in [0.29, 0.717) is 0 Å². The van der Waals surface area contributed by atoms with Gasteiger partial charge in [-0.25, -0.2) is 0 Å². The first-order valence-corrected chi connectivity index (χ1v) is 7.96. The van der Waals surface area contributed by atoms with E-state index in [0.717, 1.165) is 0 Å². The molecule has 1 aliphatic heterocycles. The Kier molecular flexibility index (Phi) is 3.62. The standard InChI is InChI=1S/C20H25NO/c1-19(2)17(15-11-7-5-8-12-15)18(20(3,4)21(19)22)16-13-9-6-10-14-16/h5-14,17-18,22H,1-4H3.